The third kappa shape index (κ3) is 3.41. The molecule has 2 aromatic carbocycles. The van der Waals surface area contributed by atoms with E-state index in [1.807, 2.05) is 0 Å². The van der Waals surface area contributed by atoms with Gasteiger partial charge in [0.15, 0.2) is 11.4 Å². The molecule has 0 radical (unpaired) electrons. The number of halogens is 4. The summed E-state index contributed by atoms with van der Waals surface area (Å²) in [5.74, 6) is -0.414. The zero-order chi connectivity index (χ0) is 18.9. The zero-order valence-corrected chi connectivity index (χ0v) is 14.0. The van der Waals surface area contributed by atoms with Crippen LogP contribution in [-0.4, -0.2) is 27.9 Å². The molecule has 3 aromatic rings. The largest absolute Gasteiger partial charge is 0.497 e. The summed E-state index contributed by atoms with van der Waals surface area (Å²) in [5, 5.41) is 7.36. The van der Waals surface area contributed by atoms with Crippen molar-refractivity contribution in [1.29, 1.82) is 0 Å². The van der Waals surface area contributed by atoms with Crippen LogP contribution >= 0.6 is 11.6 Å². The van der Waals surface area contributed by atoms with Gasteiger partial charge in [0.2, 0.25) is 5.78 Å². The van der Waals surface area contributed by atoms with Gasteiger partial charge in [0.05, 0.1) is 12.8 Å². The van der Waals surface area contributed by atoms with Crippen molar-refractivity contribution in [3.8, 4) is 11.4 Å². The first-order chi connectivity index (χ1) is 12.3. The van der Waals surface area contributed by atoms with Crippen LogP contribution in [0.15, 0.2) is 48.5 Å². The van der Waals surface area contributed by atoms with Crippen molar-refractivity contribution in [3.63, 3.8) is 0 Å². The number of nitrogens with zero attached hydrogens (tertiary/aromatic N) is 3. The molecule has 0 bridgehead atoms. The molecule has 3 rings (SSSR count). The number of hydrogen-bond acceptors (Lipinski definition) is 4. The summed E-state index contributed by atoms with van der Waals surface area (Å²) in [6.07, 6.45) is -4.83. The molecule has 1 aromatic heterocycles. The molecule has 0 aliphatic heterocycles. The summed E-state index contributed by atoms with van der Waals surface area (Å²) >= 11 is 5.76. The number of ether oxygens (including phenoxy) is 1. The van der Waals surface area contributed by atoms with Gasteiger partial charge >= 0.3 is 6.18 Å². The highest BCUT2D eigenvalue weighted by Gasteiger charge is 2.42. The predicted molar refractivity (Wildman–Crippen MR) is 87.8 cm³/mol. The fourth-order valence-corrected chi connectivity index (χ4v) is 2.46. The van der Waals surface area contributed by atoms with E-state index in [-0.39, 0.29) is 11.3 Å². The van der Waals surface area contributed by atoms with E-state index in [2.05, 4.69) is 10.3 Å². The second-order valence-corrected chi connectivity index (χ2v) is 5.67. The number of benzene rings is 2. The SMILES string of the molecule is COc1ccc(C(=O)c2nnn(-c3ccc(Cl)cc3)c2C(F)(F)F)cc1. The summed E-state index contributed by atoms with van der Waals surface area (Å²) < 4.78 is 46.4. The third-order valence-corrected chi connectivity index (χ3v) is 3.83. The molecule has 134 valence electrons. The van der Waals surface area contributed by atoms with Crippen LogP contribution in [0.2, 0.25) is 5.02 Å². The topological polar surface area (TPSA) is 57.0 Å². The summed E-state index contributed by atoms with van der Waals surface area (Å²) in [5.41, 5.74) is -1.90. The minimum Gasteiger partial charge on any atom is -0.497 e. The number of carbonyl (C=O) groups is 1. The number of methoxy groups -OCH3 is 1. The van der Waals surface area contributed by atoms with E-state index in [9.17, 15) is 18.0 Å². The minimum absolute atomic E-state index is 0.0412. The van der Waals surface area contributed by atoms with E-state index in [0.717, 1.165) is 0 Å². The van der Waals surface area contributed by atoms with Crippen LogP contribution in [0.1, 0.15) is 21.7 Å². The van der Waals surface area contributed by atoms with Crippen molar-refractivity contribution in [2.75, 3.05) is 7.11 Å². The molecule has 0 atom stereocenters. The molecule has 9 heteroatoms. The number of aromatic nitrogens is 3. The zero-order valence-electron chi connectivity index (χ0n) is 13.3. The van der Waals surface area contributed by atoms with Gasteiger partial charge in [-0.3, -0.25) is 4.79 Å². The van der Waals surface area contributed by atoms with Gasteiger partial charge in [-0.15, -0.1) is 5.10 Å². The van der Waals surface area contributed by atoms with Gasteiger partial charge in [0, 0.05) is 10.6 Å². The van der Waals surface area contributed by atoms with Crippen molar-refractivity contribution < 1.29 is 22.7 Å². The Labute approximate surface area is 151 Å². The molecule has 0 amide bonds. The molecule has 0 unspecified atom stereocenters. The number of hydrogen-bond donors (Lipinski definition) is 0. The van der Waals surface area contributed by atoms with Crippen molar-refractivity contribution in [2.24, 2.45) is 0 Å². The molecule has 5 nitrogen and oxygen atoms in total. The maximum absolute atomic E-state index is 13.6. The van der Waals surface area contributed by atoms with Crippen molar-refractivity contribution in [3.05, 3.63) is 70.5 Å². The minimum atomic E-state index is -4.83. The lowest BCUT2D eigenvalue weighted by molar-refractivity contribution is -0.143. The highest BCUT2D eigenvalue weighted by molar-refractivity contribution is 6.30. The van der Waals surface area contributed by atoms with E-state index in [1.54, 1.807) is 0 Å². The Balaban J connectivity index is 2.09. The molecule has 0 spiro atoms. The second kappa shape index (κ2) is 6.80. The summed E-state index contributed by atoms with van der Waals surface area (Å²) in [6, 6.07) is 11.2. The highest BCUT2D eigenvalue weighted by Crippen LogP contribution is 2.34. The van der Waals surface area contributed by atoms with Gasteiger partial charge in [-0.1, -0.05) is 16.8 Å². The first-order valence-corrected chi connectivity index (χ1v) is 7.66. The molecule has 0 aliphatic rings. The van der Waals surface area contributed by atoms with Crippen molar-refractivity contribution in [1.82, 2.24) is 15.0 Å². The maximum atomic E-state index is 13.6. The van der Waals surface area contributed by atoms with Gasteiger partial charge in [-0.2, -0.15) is 13.2 Å². The Bertz CT molecular complexity index is 935. The molecular weight excluding hydrogens is 371 g/mol. The molecule has 0 aliphatic carbocycles. The van der Waals surface area contributed by atoms with Crippen LogP contribution in [-0.2, 0) is 6.18 Å². The Morgan fingerprint density at radius 2 is 1.69 bits per heavy atom. The third-order valence-electron chi connectivity index (χ3n) is 3.58. The van der Waals surface area contributed by atoms with Gasteiger partial charge in [0.25, 0.3) is 0 Å². The van der Waals surface area contributed by atoms with Crippen LogP contribution < -0.4 is 4.74 Å². The molecule has 26 heavy (non-hydrogen) atoms. The first-order valence-electron chi connectivity index (χ1n) is 7.29. The summed E-state index contributed by atoms with van der Waals surface area (Å²) in [6.45, 7) is 0. The monoisotopic (exact) mass is 381 g/mol. The number of carbonyl (C=O) groups excluding carboxylic acids is 1. The highest BCUT2D eigenvalue weighted by atomic mass is 35.5. The normalized spacial score (nSPS) is 11.4. The number of rotatable bonds is 4. The van der Waals surface area contributed by atoms with Crippen LogP contribution in [0.25, 0.3) is 5.69 Å². The average molecular weight is 382 g/mol. The van der Waals surface area contributed by atoms with Gasteiger partial charge in [-0.25, -0.2) is 4.68 Å². The Kier molecular flexibility index (Phi) is 4.69. The van der Waals surface area contributed by atoms with Crippen molar-refractivity contribution in [2.45, 2.75) is 6.18 Å². The fourth-order valence-electron chi connectivity index (χ4n) is 2.33. The van der Waals surface area contributed by atoms with Crippen LogP contribution in [0.4, 0.5) is 13.2 Å². The van der Waals surface area contributed by atoms with E-state index in [1.165, 1.54) is 55.6 Å². The Hall–Kier alpha value is -2.87. The van der Waals surface area contributed by atoms with Crippen LogP contribution in [0, 0.1) is 0 Å². The molecule has 0 saturated heterocycles. The smallest absolute Gasteiger partial charge is 0.435 e. The van der Waals surface area contributed by atoms with Crippen LogP contribution in [0.5, 0.6) is 5.75 Å². The standard InChI is InChI=1S/C17H11ClF3N3O2/c1-26-13-8-2-10(3-9-13)15(25)14-16(17(19,20)21)24(23-22-14)12-6-4-11(18)5-7-12/h2-9H,1H3. The van der Waals surface area contributed by atoms with Crippen LogP contribution in [0.3, 0.4) is 0 Å². The van der Waals surface area contributed by atoms with Crippen molar-refractivity contribution >= 4 is 17.4 Å². The Morgan fingerprint density at radius 3 is 2.23 bits per heavy atom. The molecule has 0 saturated carbocycles. The lowest BCUT2D eigenvalue weighted by Crippen LogP contribution is -2.18. The van der Waals surface area contributed by atoms with E-state index in [4.69, 9.17) is 16.3 Å². The van der Waals surface area contributed by atoms with E-state index < -0.39 is 23.3 Å². The lowest BCUT2D eigenvalue weighted by atomic mass is 10.1. The Morgan fingerprint density at radius 1 is 1.08 bits per heavy atom. The summed E-state index contributed by atoms with van der Waals surface area (Å²) in [4.78, 5) is 12.5. The van der Waals surface area contributed by atoms with Gasteiger partial charge < -0.3 is 4.74 Å². The molecule has 0 N–H and O–H groups in total. The quantitative estimate of drug-likeness (QED) is 0.636. The fraction of sp³-hybridized carbons (Fsp3) is 0.118. The average Bonchev–Trinajstić information content (AvgIpc) is 3.07. The molecule has 1 heterocycles. The van der Waals surface area contributed by atoms with E-state index >= 15 is 0 Å². The van der Waals surface area contributed by atoms with Gasteiger partial charge in [0.1, 0.15) is 5.75 Å². The molecule has 0 fully saturated rings. The number of alkyl halides is 3. The maximum Gasteiger partial charge on any atom is 0.435 e. The predicted octanol–water partition coefficient (Wildman–Crippen LogP) is 4.18. The summed E-state index contributed by atoms with van der Waals surface area (Å²) in [7, 11) is 1.44. The molecular formula is C17H11ClF3N3O2. The lowest BCUT2D eigenvalue weighted by Gasteiger charge is -2.11. The van der Waals surface area contributed by atoms with E-state index in [0.29, 0.717) is 15.5 Å². The first kappa shape index (κ1) is 17.9. The number of ketones is 1. The second-order valence-electron chi connectivity index (χ2n) is 5.23. The van der Waals surface area contributed by atoms with Gasteiger partial charge in [-0.05, 0) is 48.5 Å².